The molecule has 0 saturated carbocycles. The van der Waals surface area contributed by atoms with Gasteiger partial charge in [-0.3, -0.25) is 0 Å². The van der Waals surface area contributed by atoms with Crippen molar-refractivity contribution in [3.05, 3.63) is 71.8 Å². The van der Waals surface area contributed by atoms with Crippen LogP contribution >= 0.6 is 0 Å². The fraction of sp³-hybridized carbons (Fsp3) is 0.400. The van der Waals surface area contributed by atoms with Crippen LogP contribution in [-0.4, -0.2) is 5.11 Å². The van der Waals surface area contributed by atoms with E-state index in [-0.39, 0.29) is 5.41 Å². The zero-order valence-corrected chi connectivity index (χ0v) is 13.7. The molecule has 2 atom stereocenters. The predicted molar refractivity (Wildman–Crippen MR) is 89.3 cm³/mol. The minimum atomic E-state index is -0.964. The molecule has 1 nitrogen and oxygen atoms in total. The lowest BCUT2D eigenvalue weighted by Gasteiger charge is -2.52. The van der Waals surface area contributed by atoms with Gasteiger partial charge in [-0.2, -0.15) is 0 Å². The van der Waals surface area contributed by atoms with Gasteiger partial charge in [-0.15, -0.1) is 0 Å². The SMILES string of the molecule is CC(C)(C)[C@@](C)(c1ccccc1)[C@](C)(O)c1ccccc1. The van der Waals surface area contributed by atoms with Gasteiger partial charge in [-0.05, 0) is 23.5 Å². The molecule has 0 aliphatic rings. The average Bonchev–Trinajstić information content (AvgIpc) is 2.47. The van der Waals surface area contributed by atoms with Gasteiger partial charge >= 0.3 is 0 Å². The van der Waals surface area contributed by atoms with Gasteiger partial charge in [0.15, 0.2) is 0 Å². The highest BCUT2D eigenvalue weighted by molar-refractivity contribution is 5.37. The number of benzene rings is 2. The summed E-state index contributed by atoms with van der Waals surface area (Å²) in [6.45, 7) is 10.7. The Bertz CT molecular complexity index is 578. The molecule has 1 N–H and O–H groups in total. The second kappa shape index (κ2) is 5.31. The third kappa shape index (κ3) is 2.51. The van der Waals surface area contributed by atoms with Crippen molar-refractivity contribution in [1.29, 1.82) is 0 Å². The molecule has 0 fully saturated rings. The molecule has 0 aromatic heterocycles. The molecule has 0 heterocycles. The Labute approximate surface area is 128 Å². The summed E-state index contributed by atoms with van der Waals surface area (Å²) in [5.41, 5.74) is 0.627. The lowest BCUT2D eigenvalue weighted by molar-refractivity contribution is -0.0725. The maximum atomic E-state index is 11.5. The van der Waals surface area contributed by atoms with Gasteiger partial charge in [0.25, 0.3) is 0 Å². The van der Waals surface area contributed by atoms with Gasteiger partial charge in [0.05, 0.1) is 5.60 Å². The van der Waals surface area contributed by atoms with Crippen molar-refractivity contribution in [3.8, 4) is 0 Å². The van der Waals surface area contributed by atoms with Crippen molar-refractivity contribution in [1.82, 2.24) is 0 Å². The summed E-state index contributed by atoms with van der Waals surface area (Å²) in [6.07, 6.45) is 0. The first-order valence-electron chi connectivity index (χ1n) is 7.54. The molecular formula is C20H26O. The van der Waals surface area contributed by atoms with E-state index in [1.165, 1.54) is 0 Å². The number of hydrogen-bond donors (Lipinski definition) is 1. The maximum absolute atomic E-state index is 11.5. The van der Waals surface area contributed by atoms with Gasteiger partial charge in [0, 0.05) is 5.41 Å². The minimum Gasteiger partial charge on any atom is -0.385 e. The second-order valence-electron chi connectivity index (χ2n) is 7.18. The van der Waals surface area contributed by atoms with E-state index in [1.807, 2.05) is 55.5 Å². The van der Waals surface area contributed by atoms with E-state index in [0.717, 1.165) is 11.1 Å². The molecule has 0 unspecified atom stereocenters. The number of aliphatic hydroxyl groups is 1. The Hall–Kier alpha value is -1.60. The molecule has 2 rings (SSSR count). The Balaban J connectivity index is 2.67. The topological polar surface area (TPSA) is 20.2 Å². The fourth-order valence-electron chi connectivity index (χ4n) is 3.27. The van der Waals surface area contributed by atoms with Crippen LogP contribution in [0.1, 0.15) is 45.7 Å². The molecule has 0 bridgehead atoms. The molecule has 0 radical (unpaired) electrons. The number of rotatable bonds is 3. The van der Waals surface area contributed by atoms with Gasteiger partial charge in [-0.25, -0.2) is 0 Å². The monoisotopic (exact) mass is 282 g/mol. The second-order valence-corrected chi connectivity index (χ2v) is 7.18. The molecule has 0 saturated heterocycles. The molecule has 0 aliphatic carbocycles. The summed E-state index contributed by atoms with van der Waals surface area (Å²) >= 11 is 0. The van der Waals surface area contributed by atoms with Crippen molar-refractivity contribution in [2.45, 2.75) is 45.6 Å². The van der Waals surface area contributed by atoms with Crippen LogP contribution in [0.3, 0.4) is 0 Å². The molecular weight excluding hydrogens is 256 g/mol. The van der Waals surface area contributed by atoms with E-state index < -0.39 is 11.0 Å². The Morgan fingerprint density at radius 3 is 1.38 bits per heavy atom. The van der Waals surface area contributed by atoms with Gasteiger partial charge < -0.3 is 5.11 Å². The highest BCUT2D eigenvalue weighted by Gasteiger charge is 2.52. The molecule has 0 spiro atoms. The van der Waals surface area contributed by atoms with E-state index >= 15 is 0 Å². The van der Waals surface area contributed by atoms with Crippen molar-refractivity contribution in [2.24, 2.45) is 5.41 Å². The van der Waals surface area contributed by atoms with Crippen LogP contribution in [0.15, 0.2) is 60.7 Å². The first kappa shape index (κ1) is 15.8. The molecule has 2 aromatic carbocycles. The van der Waals surface area contributed by atoms with Crippen LogP contribution < -0.4 is 0 Å². The van der Waals surface area contributed by atoms with E-state index in [4.69, 9.17) is 0 Å². The standard InChI is InChI=1S/C20H26O/c1-18(2,3)19(4,16-12-8-6-9-13-16)20(5,21)17-14-10-7-11-15-17/h6-15,21H,1-5H3/t19-,20-/m1/s1. The lowest BCUT2D eigenvalue weighted by Crippen LogP contribution is -2.53. The quantitative estimate of drug-likeness (QED) is 0.849. The zero-order chi connectivity index (χ0) is 15.7. The van der Waals surface area contributed by atoms with Gasteiger partial charge in [0.2, 0.25) is 0 Å². The Morgan fingerprint density at radius 1 is 0.619 bits per heavy atom. The van der Waals surface area contributed by atoms with E-state index in [1.54, 1.807) is 0 Å². The van der Waals surface area contributed by atoms with Crippen molar-refractivity contribution < 1.29 is 5.11 Å². The van der Waals surface area contributed by atoms with Crippen LogP contribution in [-0.2, 0) is 11.0 Å². The third-order valence-electron chi connectivity index (χ3n) is 5.16. The van der Waals surface area contributed by atoms with Crippen LogP contribution in [0, 0.1) is 5.41 Å². The molecule has 1 heteroatoms. The van der Waals surface area contributed by atoms with Crippen molar-refractivity contribution in [2.75, 3.05) is 0 Å². The summed E-state index contributed by atoms with van der Waals surface area (Å²) in [6, 6.07) is 20.3. The van der Waals surface area contributed by atoms with E-state index in [0.29, 0.717) is 0 Å². The predicted octanol–water partition coefficient (Wildman–Crippen LogP) is 4.90. The molecule has 112 valence electrons. The minimum absolute atomic E-state index is 0.103. The summed E-state index contributed by atoms with van der Waals surface area (Å²) in [5.74, 6) is 0. The summed E-state index contributed by atoms with van der Waals surface area (Å²) in [4.78, 5) is 0. The Kier molecular flexibility index (Phi) is 3.99. The average molecular weight is 282 g/mol. The van der Waals surface area contributed by atoms with Gasteiger partial charge in [-0.1, -0.05) is 88.4 Å². The molecule has 21 heavy (non-hydrogen) atoms. The van der Waals surface area contributed by atoms with Crippen molar-refractivity contribution in [3.63, 3.8) is 0 Å². The largest absolute Gasteiger partial charge is 0.385 e. The number of hydrogen-bond acceptors (Lipinski definition) is 1. The summed E-state index contributed by atoms with van der Waals surface area (Å²) < 4.78 is 0. The van der Waals surface area contributed by atoms with Crippen LogP contribution in [0.2, 0.25) is 0 Å². The fourth-order valence-corrected chi connectivity index (χ4v) is 3.27. The van der Waals surface area contributed by atoms with Gasteiger partial charge in [0.1, 0.15) is 0 Å². The smallest absolute Gasteiger partial charge is 0.0967 e. The first-order valence-corrected chi connectivity index (χ1v) is 7.54. The molecule has 0 amide bonds. The Morgan fingerprint density at radius 2 is 1.00 bits per heavy atom. The highest BCUT2D eigenvalue weighted by Crippen LogP contribution is 2.52. The van der Waals surface area contributed by atoms with Crippen LogP contribution in [0.25, 0.3) is 0 Å². The first-order chi connectivity index (χ1) is 9.71. The van der Waals surface area contributed by atoms with Crippen LogP contribution in [0.4, 0.5) is 0 Å². The van der Waals surface area contributed by atoms with Crippen molar-refractivity contribution >= 4 is 0 Å². The highest BCUT2D eigenvalue weighted by atomic mass is 16.3. The van der Waals surface area contributed by atoms with E-state index in [2.05, 4.69) is 39.8 Å². The normalized spacial score (nSPS) is 17.8. The van der Waals surface area contributed by atoms with E-state index in [9.17, 15) is 5.11 Å². The molecule has 2 aromatic rings. The maximum Gasteiger partial charge on any atom is 0.0967 e. The summed E-state index contributed by atoms with van der Waals surface area (Å²) in [7, 11) is 0. The zero-order valence-electron chi connectivity index (χ0n) is 13.7. The molecule has 0 aliphatic heterocycles. The third-order valence-corrected chi connectivity index (χ3v) is 5.16. The lowest BCUT2D eigenvalue weighted by atomic mass is 9.54. The van der Waals surface area contributed by atoms with Crippen LogP contribution in [0.5, 0.6) is 0 Å². The summed E-state index contributed by atoms with van der Waals surface area (Å²) in [5, 5.41) is 11.5.